The number of hydrogen-bond donors (Lipinski definition) is 1. The summed E-state index contributed by atoms with van der Waals surface area (Å²) in [5, 5.41) is 6.96. The molecule has 2 heterocycles. The zero-order valence-corrected chi connectivity index (χ0v) is 16.1. The number of alkyl halides is 3. The summed E-state index contributed by atoms with van der Waals surface area (Å²) < 4.78 is 70.3. The highest BCUT2D eigenvalue weighted by Crippen LogP contribution is 2.38. The van der Waals surface area contributed by atoms with Crippen molar-refractivity contribution in [2.45, 2.75) is 55.4 Å². The normalized spacial score (nSPS) is 27.5. The van der Waals surface area contributed by atoms with Crippen molar-refractivity contribution in [1.29, 1.82) is 0 Å². The van der Waals surface area contributed by atoms with Crippen LogP contribution in [0.3, 0.4) is 0 Å². The predicted octanol–water partition coefficient (Wildman–Crippen LogP) is 1.82. The minimum absolute atomic E-state index is 0.0898. The Morgan fingerprint density at radius 2 is 1.93 bits per heavy atom. The van der Waals surface area contributed by atoms with Crippen molar-refractivity contribution in [1.82, 2.24) is 9.29 Å². The van der Waals surface area contributed by atoms with Crippen LogP contribution in [0.4, 0.5) is 13.2 Å². The molecule has 12 heteroatoms. The first-order chi connectivity index (χ1) is 13.6. The number of pyridine rings is 1. The minimum Gasteiger partial charge on any atom is -0.475 e. The predicted molar refractivity (Wildman–Crippen MR) is 93.8 cm³/mol. The Hall–Kier alpha value is -1.92. The maximum atomic E-state index is 12.6. The van der Waals surface area contributed by atoms with E-state index < -0.39 is 22.2 Å². The van der Waals surface area contributed by atoms with Gasteiger partial charge in [-0.1, -0.05) is 6.07 Å². The highest BCUT2D eigenvalue weighted by molar-refractivity contribution is 7.90. The van der Waals surface area contributed by atoms with E-state index in [2.05, 4.69) is 4.98 Å². The molecule has 2 aliphatic carbocycles. The smallest absolute Gasteiger partial charge is 0.475 e. The van der Waals surface area contributed by atoms with Crippen molar-refractivity contribution in [3.8, 4) is 5.88 Å². The average Bonchev–Trinajstić information content (AvgIpc) is 3.45. The fourth-order valence-corrected chi connectivity index (χ4v) is 5.50. The second-order valence-corrected chi connectivity index (χ2v) is 9.13. The second kappa shape index (κ2) is 8.44. The first-order valence-electron chi connectivity index (χ1n) is 9.11. The topological polar surface area (TPSA) is 106 Å². The van der Waals surface area contributed by atoms with Gasteiger partial charge in [-0.3, -0.25) is 0 Å². The Morgan fingerprint density at radius 1 is 1.24 bits per heavy atom. The van der Waals surface area contributed by atoms with Gasteiger partial charge in [-0.15, -0.1) is 0 Å². The molecule has 0 radical (unpaired) electrons. The molecule has 3 fully saturated rings. The van der Waals surface area contributed by atoms with E-state index in [1.54, 1.807) is 10.5 Å². The molecule has 1 N–H and O–H groups in total. The van der Waals surface area contributed by atoms with Crippen molar-refractivity contribution < 1.29 is 41.0 Å². The van der Waals surface area contributed by atoms with Gasteiger partial charge in [0, 0.05) is 18.8 Å². The van der Waals surface area contributed by atoms with Crippen molar-refractivity contribution in [2.75, 3.05) is 13.2 Å². The number of sulfonamides is 1. The van der Waals surface area contributed by atoms with Crippen molar-refractivity contribution in [3.05, 3.63) is 24.4 Å². The fraction of sp³-hybridized carbons (Fsp3) is 0.647. The number of rotatable bonds is 4. The summed E-state index contributed by atoms with van der Waals surface area (Å²) in [6.07, 6.45) is -0.540. The molecule has 0 aromatic carbocycles. The highest BCUT2D eigenvalue weighted by Gasteiger charge is 2.51. The number of ether oxygens (including phenoxy) is 2. The lowest BCUT2D eigenvalue weighted by atomic mass is 10.1. The van der Waals surface area contributed by atoms with Crippen LogP contribution in [-0.2, 0) is 19.6 Å². The van der Waals surface area contributed by atoms with Gasteiger partial charge in [0.2, 0.25) is 15.9 Å². The summed E-state index contributed by atoms with van der Waals surface area (Å²) >= 11 is 0. The summed E-state index contributed by atoms with van der Waals surface area (Å²) in [5.74, 6) is -2.19. The number of nitrogens with zero attached hydrogens (tertiary/aromatic N) is 2. The number of carboxylic acids is 1. The lowest BCUT2D eigenvalue weighted by molar-refractivity contribution is -0.192. The fourth-order valence-electron chi connectivity index (χ4n) is 3.45. The highest BCUT2D eigenvalue weighted by atomic mass is 32.2. The SMILES string of the molecule is O=C(O)C(F)(F)F.O=S(=O)(C1CC1)N1CCO[C@H]2[C@@H](Oc3ccccn3)CC[C@@H]21. The summed E-state index contributed by atoms with van der Waals surface area (Å²) in [6, 6.07) is 5.44. The number of carboxylic acid groups (broad SMARTS) is 1. The molecule has 162 valence electrons. The summed E-state index contributed by atoms with van der Waals surface area (Å²) in [7, 11) is -3.16. The zero-order chi connectivity index (χ0) is 21.2. The Bertz CT molecular complexity index is 816. The zero-order valence-electron chi connectivity index (χ0n) is 15.3. The van der Waals surface area contributed by atoms with E-state index in [1.165, 1.54) is 0 Å². The second-order valence-electron chi connectivity index (χ2n) is 6.96. The molecule has 1 aromatic heterocycles. The van der Waals surface area contributed by atoms with E-state index in [9.17, 15) is 21.6 Å². The Labute approximate surface area is 165 Å². The van der Waals surface area contributed by atoms with Crippen LogP contribution >= 0.6 is 0 Å². The molecule has 3 atom stereocenters. The van der Waals surface area contributed by atoms with E-state index in [0.717, 1.165) is 25.7 Å². The number of hydrogen-bond acceptors (Lipinski definition) is 6. The molecular formula is C17H21F3N2O6S. The number of halogens is 3. The van der Waals surface area contributed by atoms with E-state index in [0.29, 0.717) is 19.0 Å². The Balaban J connectivity index is 0.000000298. The summed E-state index contributed by atoms with van der Waals surface area (Å²) in [6.45, 7) is 0.908. The average molecular weight is 438 g/mol. The molecule has 2 saturated carbocycles. The largest absolute Gasteiger partial charge is 0.490 e. The molecule has 4 rings (SSSR count). The van der Waals surface area contributed by atoms with Crippen LogP contribution in [0.2, 0.25) is 0 Å². The van der Waals surface area contributed by atoms with Crippen LogP contribution in [0.15, 0.2) is 24.4 Å². The first-order valence-corrected chi connectivity index (χ1v) is 10.6. The lowest BCUT2D eigenvalue weighted by Crippen LogP contribution is -2.55. The molecule has 0 spiro atoms. The van der Waals surface area contributed by atoms with Gasteiger partial charge in [-0.2, -0.15) is 17.5 Å². The van der Waals surface area contributed by atoms with Crippen molar-refractivity contribution >= 4 is 16.0 Å². The molecule has 29 heavy (non-hydrogen) atoms. The molecule has 0 amide bonds. The number of aromatic nitrogens is 1. The summed E-state index contributed by atoms with van der Waals surface area (Å²) in [4.78, 5) is 13.1. The van der Waals surface area contributed by atoms with Crippen LogP contribution in [0.1, 0.15) is 25.7 Å². The van der Waals surface area contributed by atoms with Gasteiger partial charge in [0.15, 0.2) is 0 Å². The first kappa shape index (κ1) is 21.8. The van der Waals surface area contributed by atoms with Crippen molar-refractivity contribution in [3.63, 3.8) is 0 Å². The molecule has 1 aliphatic heterocycles. The van der Waals surface area contributed by atoms with E-state index in [1.807, 2.05) is 18.2 Å². The molecule has 3 aliphatic rings. The lowest BCUT2D eigenvalue weighted by Gasteiger charge is -2.38. The number of morpholine rings is 1. The number of carbonyl (C=O) groups is 1. The minimum atomic E-state index is -5.08. The van der Waals surface area contributed by atoms with E-state index >= 15 is 0 Å². The third-order valence-corrected chi connectivity index (χ3v) is 7.33. The molecule has 1 saturated heterocycles. The number of aliphatic carboxylic acids is 1. The van der Waals surface area contributed by atoms with Crippen LogP contribution in [0, 0.1) is 0 Å². The third kappa shape index (κ3) is 5.17. The van der Waals surface area contributed by atoms with Gasteiger partial charge in [-0.05, 0) is 31.7 Å². The quantitative estimate of drug-likeness (QED) is 0.764. The summed E-state index contributed by atoms with van der Waals surface area (Å²) in [5.41, 5.74) is 0. The van der Waals surface area contributed by atoms with Crippen molar-refractivity contribution in [2.24, 2.45) is 0 Å². The molecule has 0 unspecified atom stereocenters. The van der Waals surface area contributed by atoms with Gasteiger partial charge in [0.1, 0.15) is 12.2 Å². The van der Waals surface area contributed by atoms with Crippen LogP contribution < -0.4 is 4.74 Å². The molecule has 1 aromatic rings. The van der Waals surface area contributed by atoms with Gasteiger partial charge in [0.05, 0.1) is 17.9 Å². The van der Waals surface area contributed by atoms with Gasteiger partial charge in [-0.25, -0.2) is 18.2 Å². The maximum Gasteiger partial charge on any atom is 0.490 e. The third-order valence-electron chi connectivity index (χ3n) is 4.91. The van der Waals surface area contributed by atoms with E-state index in [-0.39, 0.29) is 23.5 Å². The standard InChI is InChI=1S/C15H20N2O4S.C2HF3O2/c18-22(19,11-4-5-11)17-9-10-20-15-12(17)6-7-13(15)21-14-3-1-2-8-16-14;3-2(4,5)1(6)7/h1-3,8,11-13,15H,4-7,9-10H2;(H,6,7)/t12-,13-,15+;/m0./s1. The Morgan fingerprint density at radius 3 is 2.48 bits per heavy atom. The number of fused-ring (bicyclic) bond motifs is 1. The molecule has 8 nitrogen and oxygen atoms in total. The Kier molecular flexibility index (Phi) is 6.34. The maximum absolute atomic E-state index is 12.6. The van der Waals surface area contributed by atoms with E-state index in [4.69, 9.17) is 19.4 Å². The van der Waals surface area contributed by atoms with Crippen LogP contribution in [0.25, 0.3) is 0 Å². The van der Waals surface area contributed by atoms with Gasteiger partial charge >= 0.3 is 12.1 Å². The molecule has 0 bridgehead atoms. The molecular weight excluding hydrogens is 417 g/mol. The monoisotopic (exact) mass is 438 g/mol. The van der Waals surface area contributed by atoms with Gasteiger partial charge < -0.3 is 14.6 Å². The van der Waals surface area contributed by atoms with Crippen LogP contribution in [0.5, 0.6) is 5.88 Å². The van der Waals surface area contributed by atoms with Gasteiger partial charge in [0.25, 0.3) is 0 Å². The van der Waals surface area contributed by atoms with Crippen LogP contribution in [-0.4, -0.2) is 71.6 Å².